The van der Waals surface area contributed by atoms with E-state index in [-0.39, 0.29) is 17.0 Å². The quantitative estimate of drug-likeness (QED) is 0.801. The number of benzene rings is 2. The first kappa shape index (κ1) is 18.2. The van der Waals surface area contributed by atoms with Gasteiger partial charge in [0, 0.05) is 21.3 Å². The Bertz CT molecular complexity index is 730. The van der Waals surface area contributed by atoms with Crippen molar-refractivity contribution in [3.05, 3.63) is 63.9 Å². The van der Waals surface area contributed by atoms with Crippen molar-refractivity contribution in [2.24, 2.45) is 0 Å². The Balaban J connectivity index is 1.93. The minimum Gasteiger partial charge on any atom is -0.452 e. The molecule has 2 aromatic rings. The molecule has 0 aliphatic heterocycles. The van der Waals surface area contributed by atoms with E-state index in [9.17, 15) is 14.0 Å². The Morgan fingerprint density at radius 3 is 2.46 bits per heavy atom. The normalized spacial score (nSPS) is 11.7. The molecule has 7 heteroatoms. The Morgan fingerprint density at radius 2 is 1.83 bits per heavy atom. The summed E-state index contributed by atoms with van der Waals surface area (Å²) in [6.45, 7) is 1.42. The Hall–Kier alpha value is -2.11. The molecular weight excluding hydrogens is 356 g/mol. The van der Waals surface area contributed by atoms with E-state index in [0.29, 0.717) is 10.7 Å². The average Bonchev–Trinajstić information content (AvgIpc) is 2.53. The summed E-state index contributed by atoms with van der Waals surface area (Å²) in [6, 6.07) is 10.6. The molecule has 2 aromatic carbocycles. The van der Waals surface area contributed by atoms with Crippen LogP contribution in [-0.2, 0) is 20.7 Å². The molecule has 24 heavy (non-hydrogen) atoms. The number of ether oxygens (including phenoxy) is 1. The molecule has 0 bridgehead atoms. The van der Waals surface area contributed by atoms with Gasteiger partial charge >= 0.3 is 5.97 Å². The van der Waals surface area contributed by atoms with Crippen molar-refractivity contribution >= 4 is 40.8 Å². The number of hydrogen-bond acceptors (Lipinski definition) is 3. The van der Waals surface area contributed by atoms with Gasteiger partial charge in [0.25, 0.3) is 5.91 Å². The van der Waals surface area contributed by atoms with Crippen LogP contribution in [0.2, 0.25) is 10.0 Å². The number of hydrogen-bond donors (Lipinski definition) is 1. The Labute approximate surface area is 148 Å². The van der Waals surface area contributed by atoms with Crippen molar-refractivity contribution < 1.29 is 18.7 Å². The highest BCUT2D eigenvalue weighted by atomic mass is 35.5. The molecule has 126 valence electrons. The zero-order chi connectivity index (χ0) is 17.7. The summed E-state index contributed by atoms with van der Waals surface area (Å²) in [4.78, 5) is 23.9. The topological polar surface area (TPSA) is 55.4 Å². The van der Waals surface area contributed by atoms with Crippen LogP contribution in [0, 0.1) is 5.82 Å². The lowest BCUT2D eigenvalue weighted by atomic mass is 10.1. The maximum absolute atomic E-state index is 13.6. The van der Waals surface area contributed by atoms with Crippen LogP contribution in [0.1, 0.15) is 12.5 Å². The fraction of sp³-hybridized carbons (Fsp3) is 0.176. The fourth-order valence-corrected chi connectivity index (χ4v) is 2.27. The summed E-state index contributed by atoms with van der Waals surface area (Å²) in [5, 5.41) is 3.25. The van der Waals surface area contributed by atoms with Gasteiger partial charge in [-0.25, -0.2) is 4.39 Å². The molecule has 1 N–H and O–H groups in total. The molecule has 4 nitrogen and oxygen atoms in total. The van der Waals surface area contributed by atoms with E-state index in [0.717, 1.165) is 0 Å². The number of anilines is 1. The second kappa shape index (κ2) is 8.13. The molecule has 0 fully saturated rings. The molecule has 0 aromatic heterocycles. The van der Waals surface area contributed by atoms with Crippen molar-refractivity contribution in [1.82, 2.24) is 0 Å². The molecule has 0 saturated carbocycles. The smallest absolute Gasteiger partial charge is 0.311 e. The molecule has 0 heterocycles. The summed E-state index contributed by atoms with van der Waals surface area (Å²) in [6.07, 6.45) is -1.40. The van der Waals surface area contributed by atoms with E-state index in [1.807, 2.05) is 0 Å². The lowest BCUT2D eigenvalue weighted by molar-refractivity contribution is -0.152. The predicted octanol–water partition coefficient (Wildman–Crippen LogP) is 4.25. The predicted molar refractivity (Wildman–Crippen MR) is 90.7 cm³/mol. The van der Waals surface area contributed by atoms with E-state index in [1.54, 1.807) is 24.3 Å². The van der Waals surface area contributed by atoms with Gasteiger partial charge in [-0.1, -0.05) is 29.3 Å². The maximum Gasteiger partial charge on any atom is 0.311 e. The summed E-state index contributed by atoms with van der Waals surface area (Å²) in [5.74, 6) is -1.86. The van der Waals surface area contributed by atoms with Crippen molar-refractivity contribution in [2.45, 2.75) is 19.4 Å². The third kappa shape index (κ3) is 4.94. The van der Waals surface area contributed by atoms with E-state index >= 15 is 0 Å². The second-order valence-electron chi connectivity index (χ2n) is 5.01. The summed E-state index contributed by atoms with van der Waals surface area (Å²) < 4.78 is 18.7. The van der Waals surface area contributed by atoms with Gasteiger partial charge in [-0.15, -0.1) is 0 Å². The molecule has 2 rings (SSSR count). The van der Waals surface area contributed by atoms with E-state index < -0.39 is 23.8 Å². The van der Waals surface area contributed by atoms with Crippen LogP contribution in [0.25, 0.3) is 0 Å². The van der Waals surface area contributed by atoms with Gasteiger partial charge in [0.15, 0.2) is 6.10 Å². The van der Waals surface area contributed by atoms with Crippen LogP contribution in [0.3, 0.4) is 0 Å². The van der Waals surface area contributed by atoms with Gasteiger partial charge in [0.2, 0.25) is 0 Å². The molecule has 0 unspecified atom stereocenters. The number of halogens is 3. The van der Waals surface area contributed by atoms with Gasteiger partial charge in [-0.2, -0.15) is 0 Å². The second-order valence-corrected chi connectivity index (χ2v) is 5.85. The van der Waals surface area contributed by atoms with Gasteiger partial charge < -0.3 is 10.1 Å². The third-order valence-electron chi connectivity index (χ3n) is 3.17. The molecule has 0 saturated heterocycles. The Morgan fingerprint density at radius 1 is 1.17 bits per heavy atom. The Kier molecular flexibility index (Phi) is 6.17. The van der Waals surface area contributed by atoms with Crippen molar-refractivity contribution in [3.63, 3.8) is 0 Å². The van der Waals surface area contributed by atoms with Crippen LogP contribution in [0.4, 0.5) is 10.1 Å². The molecule has 0 aliphatic rings. The summed E-state index contributed by atoms with van der Waals surface area (Å²) in [5.41, 5.74) is 0.555. The van der Waals surface area contributed by atoms with Crippen molar-refractivity contribution in [1.29, 1.82) is 0 Å². The van der Waals surface area contributed by atoms with Crippen molar-refractivity contribution in [2.75, 3.05) is 5.32 Å². The molecule has 1 amide bonds. The van der Waals surface area contributed by atoms with Crippen LogP contribution in [0.15, 0.2) is 42.5 Å². The first-order valence-corrected chi connectivity index (χ1v) is 7.81. The van der Waals surface area contributed by atoms with Crippen molar-refractivity contribution in [3.8, 4) is 0 Å². The number of amides is 1. The number of carbonyl (C=O) groups excluding carboxylic acids is 2. The van der Waals surface area contributed by atoms with Gasteiger partial charge in [-0.05, 0) is 43.3 Å². The summed E-state index contributed by atoms with van der Waals surface area (Å²) >= 11 is 11.6. The lowest BCUT2D eigenvalue weighted by Crippen LogP contribution is -2.30. The molecule has 0 aliphatic carbocycles. The van der Waals surface area contributed by atoms with Crippen LogP contribution in [0.5, 0.6) is 0 Å². The highest BCUT2D eigenvalue weighted by molar-refractivity contribution is 6.31. The van der Waals surface area contributed by atoms with E-state index in [2.05, 4.69) is 5.32 Å². The molecular formula is C17H14Cl2FNO3. The highest BCUT2D eigenvalue weighted by Gasteiger charge is 2.20. The zero-order valence-corrected chi connectivity index (χ0v) is 14.2. The highest BCUT2D eigenvalue weighted by Crippen LogP contribution is 2.20. The number of nitrogens with one attached hydrogen (secondary N) is 1. The standard InChI is InChI=1S/C17H14Cl2FNO3/c1-10(17(23)21-12-7-5-11(18)6-8-12)24-16(22)9-13-14(19)3-2-4-15(13)20/h2-8,10H,9H2,1H3,(H,21,23)/t10-/m1/s1. The van der Waals surface area contributed by atoms with Crippen LogP contribution in [-0.4, -0.2) is 18.0 Å². The first-order valence-electron chi connectivity index (χ1n) is 7.05. The van der Waals surface area contributed by atoms with Crippen LogP contribution >= 0.6 is 23.2 Å². The molecule has 1 atom stereocenters. The SMILES string of the molecule is C[C@@H](OC(=O)Cc1c(F)cccc1Cl)C(=O)Nc1ccc(Cl)cc1. The number of rotatable bonds is 5. The summed E-state index contributed by atoms with van der Waals surface area (Å²) in [7, 11) is 0. The fourth-order valence-electron chi connectivity index (χ4n) is 1.92. The van der Waals surface area contributed by atoms with Gasteiger partial charge in [-0.3, -0.25) is 9.59 Å². The minimum atomic E-state index is -1.04. The minimum absolute atomic E-state index is 0.0366. The maximum atomic E-state index is 13.6. The van der Waals surface area contributed by atoms with E-state index in [1.165, 1.54) is 25.1 Å². The van der Waals surface area contributed by atoms with Gasteiger partial charge in [0.1, 0.15) is 5.82 Å². The third-order valence-corrected chi connectivity index (χ3v) is 3.78. The molecule has 0 spiro atoms. The largest absolute Gasteiger partial charge is 0.452 e. The zero-order valence-electron chi connectivity index (χ0n) is 12.7. The van der Waals surface area contributed by atoms with Crippen LogP contribution < -0.4 is 5.32 Å². The average molecular weight is 370 g/mol. The first-order chi connectivity index (χ1) is 11.4. The number of esters is 1. The van der Waals surface area contributed by atoms with E-state index in [4.69, 9.17) is 27.9 Å². The molecule has 0 radical (unpaired) electrons. The monoisotopic (exact) mass is 369 g/mol. The number of carbonyl (C=O) groups is 2. The van der Waals surface area contributed by atoms with Gasteiger partial charge in [0.05, 0.1) is 6.42 Å². The lowest BCUT2D eigenvalue weighted by Gasteiger charge is -2.14.